The third-order valence-electron chi connectivity index (χ3n) is 1.00. The fourth-order valence-electron chi connectivity index (χ4n) is 0.481. The summed E-state index contributed by atoms with van der Waals surface area (Å²) in [5.41, 5.74) is 0. The molecule has 1 unspecified atom stereocenters. The molecular weight excluding hydrogens is 116 g/mol. The van der Waals surface area contributed by atoms with E-state index in [4.69, 9.17) is 10.2 Å². The molecule has 2 heteroatoms. The molecular formula is C7H14O2. The third kappa shape index (κ3) is 5.53. The van der Waals surface area contributed by atoms with Crippen molar-refractivity contribution in [3.8, 4) is 0 Å². The number of aliphatic hydroxyl groups excluding tert-OH is 2. The molecule has 0 aromatic heterocycles. The van der Waals surface area contributed by atoms with Gasteiger partial charge in [0.15, 0.2) is 0 Å². The summed E-state index contributed by atoms with van der Waals surface area (Å²) in [5.74, 6) is 0. The van der Waals surface area contributed by atoms with Crippen LogP contribution in [0.25, 0.3) is 0 Å². The van der Waals surface area contributed by atoms with Gasteiger partial charge in [-0.05, 0) is 6.42 Å². The molecule has 0 saturated carbocycles. The van der Waals surface area contributed by atoms with Gasteiger partial charge in [-0.15, -0.1) is 0 Å². The second-order valence-electron chi connectivity index (χ2n) is 1.97. The minimum absolute atomic E-state index is 0.180. The smallest absolute Gasteiger partial charge is 0.0951 e. The average Bonchev–Trinajstić information content (AvgIpc) is 1.89. The maximum absolute atomic E-state index is 8.75. The highest BCUT2D eigenvalue weighted by Gasteiger charge is 1.90. The van der Waals surface area contributed by atoms with Crippen LogP contribution in [0.3, 0.4) is 0 Å². The van der Waals surface area contributed by atoms with Crippen molar-refractivity contribution in [2.24, 2.45) is 0 Å². The Morgan fingerprint density at radius 3 is 2.67 bits per heavy atom. The van der Waals surface area contributed by atoms with Gasteiger partial charge >= 0.3 is 0 Å². The number of unbranched alkanes of at least 4 members (excludes halogenated alkanes) is 1. The fourth-order valence-corrected chi connectivity index (χ4v) is 0.481. The highest BCUT2D eigenvalue weighted by Crippen LogP contribution is 1.90. The van der Waals surface area contributed by atoms with Crippen molar-refractivity contribution in [3.63, 3.8) is 0 Å². The van der Waals surface area contributed by atoms with Gasteiger partial charge in [-0.3, -0.25) is 0 Å². The summed E-state index contributed by atoms with van der Waals surface area (Å²) in [6, 6.07) is 0. The minimum Gasteiger partial charge on any atom is -0.393 e. The number of rotatable bonds is 4. The van der Waals surface area contributed by atoms with Gasteiger partial charge in [0.2, 0.25) is 0 Å². The largest absolute Gasteiger partial charge is 0.393 e. The first-order valence-corrected chi connectivity index (χ1v) is 3.26. The molecule has 0 spiro atoms. The SMILES string of the molecule is CCCC=CC(O)CO. The first kappa shape index (κ1) is 8.66. The molecule has 0 aliphatic rings. The molecule has 0 amide bonds. The minimum atomic E-state index is -0.670. The van der Waals surface area contributed by atoms with Crippen LogP contribution in [0.15, 0.2) is 12.2 Å². The first-order chi connectivity index (χ1) is 4.31. The zero-order chi connectivity index (χ0) is 7.11. The van der Waals surface area contributed by atoms with E-state index < -0.39 is 6.10 Å². The van der Waals surface area contributed by atoms with Crippen LogP contribution in [0, 0.1) is 0 Å². The van der Waals surface area contributed by atoms with Crippen molar-refractivity contribution in [2.75, 3.05) is 6.61 Å². The molecule has 0 bridgehead atoms. The van der Waals surface area contributed by atoms with Crippen molar-refractivity contribution in [1.29, 1.82) is 0 Å². The monoisotopic (exact) mass is 130 g/mol. The van der Waals surface area contributed by atoms with E-state index in [1.54, 1.807) is 6.08 Å². The normalized spacial score (nSPS) is 14.6. The van der Waals surface area contributed by atoms with Crippen LogP contribution in [0.5, 0.6) is 0 Å². The number of allylic oxidation sites excluding steroid dienone is 1. The lowest BCUT2D eigenvalue weighted by molar-refractivity contribution is 0.131. The van der Waals surface area contributed by atoms with Crippen LogP contribution < -0.4 is 0 Å². The predicted molar refractivity (Wildman–Crippen MR) is 37.1 cm³/mol. The molecule has 54 valence electrons. The van der Waals surface area contributed by atoms with Gasteiger partial charge in [0, 0.05) is 0 Å². The Morgan fingerprint density at radius 2 is 2.22 bits per heavy atom. The molecule has 9 heavy (non-hydrogen) atoms. The predicted octanol–water partition coefficient (Wildman–Crippen LogP) is 0.696. The van der Waals surface area contributed by atoms with Crippen LogP contribution in [0.1, 0.15) is 19.8 Å². The second kappa shape index (κ2) is 5.79. The van der Waals surface area contributed by atoms with Gasteiger partial charge in [-0.2, -0.15) is 0 Å². The van der Waals surface area contributed by atoms with E-state index in [9.17, 15) is 0 Å². The lowest BCUT2D eigenvalue weighted by Gasteiger charge is -1.96. The Morgan fingerprint density at radius 1 is 1.56 bits per heavy atom. The molecule has 0 heterocycles. The summed E-state index contributed by atoms with van der Waals surface area (Å²) in [6.07, 6.45) is 4.87. The van der Waals surface area contributed by atoms with Crippen molar-refractivity contribution in [2.45, 2.75) is 25.9 Å². The highest BCUT2D eigenvalue weighted by atomic mass is 16.3. The maximum atomic E-state index is 8.75. The van der Waals surface area contributed by atoms with Gasteiger partial charge in [0.05, 0.1) is 12.7 Å². The van der Waals surface area contributed by atoms with Gasteiger partial charge in [0.1, 0.15) is 0 Å². The van der Waals surface area contributed by atoms with Crippen molar-refractivity contribution in [1.82, 2.24) is 0 Å². The molecule has 0 rings (SSSR count). The summed E-state index contributed by atoms with van der Waals surface area (Å²) in [7, 11) is 0. The van der Waals surface area contributed by atoms with Gasteiger partial charge in [-0.25, -0.2) is 0 Å². The molecule has 0 fully saturated rings. The molecule has 0 aromatic rings. The molecule has 0 aromatic carbocycles. The van der Waals surface area contributed by atoms with Crippen molar-refractivity contribution in [3.05, 3.63) is 12.2 Å². The maximum Gasteiger partial charge on any atom is 0.0951 e. The molecule has 2 nitrogen and oxygen atoms in total. The topological polar surface area (TPSA) is 40.5 Å². The third-order valence-corrected chi connectivity index (χ3v) is 1.00. The Bertz CT molecular complexity index is 79.0. The number of hydrogen-bond donors (Lipinski definition) is 2. The fraction of sp³-hybridized carbons (Fsp3) is 0.714. The van der Waals surface area contributed by atoms with Crippen molar-refractivity contribution < 1.29 is 10.2 Å². The van der Waals surface area contributed by atoms with Crippen LogP contribution in [-0.4, -0.2) is 22.9 Å². The summed E-state index contributed by atoms with van der Waals surface area (Å²) >= 11 is 0. The van der Waals surface area contributed by atoms with E-state index in [0.717, 1.165) is 12.8 Å². The van der Waals surface area contributed by atoms with E-state index in [1.807, 2.05) is 6.08 Å². The zero-order valence-electron chi connectivity index (χ0n) is 5.75. The van der Waals surface area contributed by atoms with Crippen LogP contribution >= 0.6 is 0 Å². The van der Waals surface area contributed by atoms with Crippen LogP contribution in [0.4, 0.5) is 0 Å². The lowest BCUT2D eigenvalue weighted by Crippen LogP contribution is -2.06. The molecule has 0 aliphatic carbocycles. The van der Waals surface area contributed by atoms with Gasteiger partial charge in [0.25, 0.3) is 0 Å². The Kier molecular flexibility index (Phi) is 5.57. The average molecular weight is 130 g/mol. The van der Waals surface area contributed by atoms with Crippen LogP contribution in [0.2, 0.25) is 0 Å². The standard InChI is InChI=1S/C7H14O2/c1-2-3-4-5-7(9)6-8/h4-5,7-9H,2-3,6H2,1H3. The number of aliphatic hydroxyl groups is 2. The summed E-state index contributed by atoms with van der Waals surface area (Å²) in [4.78, 5) is 0. The second-order valence-corrected chi connectivity index (χ2v) is 1.97. The molecule has 2 N–H and O–H groups in total. The molecule has 0 aliphatic heterocycles. The van der Waals surface area contributed by atoms with Crippen LogP contribution in [-0.2, 0) is 0 Å². The van der Waals surface area contributed by atoms with Gasteiger partial charge < -0.3 is 10.2 Å². The first-order valence-electron chi connectivity index (χ1n) is 3.26. The molecule has 0 radical (unpaired) electrons. The summed E-state index contributed by atoms with van der Waals surface area (Å²) in [6.45, 7) is 1.88. The van der Waals surface area contributed by atoms with E-state index in [0.29, 0.717) is 0 Å². The Labute approximate surface area is 55.8 Å². The van der Waals surface area contributed by atoms with Crippen molar-refractivity contribution >= 4 is 0 Å². The summed E-state index contributed by atoms with van der Waals surface area (Å²) in [5, 5.41) is 17.1. The molecule has 0 saturated heterocycles. The van der Waals surface area contributed by atoms with E-state index >= 15 is 0 Å². The zero-order valence-corrected chi connectivity index (χ0v) is 5.75. The van der Waals surface area contributed by atoms with Gasteiger partial charge in [-0.1, -0.05) is 25.5 Å². The lowest BCUT2D eigenvalue weighted by atomic mass is 10.2. The Balaban J connectivity index is 3.20. The van der Waals surface area contributed by atoms with E-state index in [1.165, 1.54) is 0 Å². The highest BCUT2D eigenvalue weighted by molar-refractivity contribution is 4.87. The summed E-state index contributed by atoms with van der Waals surface area (Å²) < 4.78 is 0. The number of hydrogen-bond acceptors (Lipinski definition) is 2. The van der Waals surface area contributed by atoms with E-state index in [2.05, 4.69) is 6.92 Å². The molecule has 1 atom stereocenters. The van der Waals surface area contributed by atoms with E-state index in [-0.39, 0.29) is 6.61 Å². The quantitative estimate of drug-likeness (QED) is 0.550. The Hall–Kier alpha value is -0.340.